The molecule has 5 rings (SSSR count). The molecule has 0 atom stereocenters. The topological polar surface area (TPSA) is 94.1 Å². The van der Waals surface area contributed by atoms with Crippen molar-refractivity contribution in [2.75, 3.05) is 44.3 Å². The molecule has 1 fully saturated rings. The lowest BCUT2D eigenvalue weighted by Gasteiger charge is -2.15. The summed E-state index contributed by atoms with van der Waals surface area (Å²) in [5.41, 5.74) is 8.85. The largest absolute Gasteiger partial charge is 0.496 e. The molecule has 1 aliphatic rings. The molecule has 0 bridgehead atoms. The normalized spacial score (nSPS) is 14.1. The second-order valence-corrected chi connectivity index (χ2v) is 8.05. The van der Waals surface area contributed by atoms with E-state index in [1.54, 1.807) is 19.2 Å². The van der Waals surface area contributed by atoms with E-state index in [9.17, 15) is 4.39 Å². The van der Waals surface area contributed by atoms with E-state index in [4.69, 9.17) is 15.5 Å². The van der Waals surface area contributed by atoms with Gasteiger partial charge in [0, 0.05) is 18.7 Å². The van der Waals surface area contributed by atoms with Crippen molar-refractivity contribution < 1.29 is 9.13 Å². The smallest absolute Gasteiger partial charge is 0.225 e. The van der Waals surface area contributed by atoms with Crippen LogP contribution in [-0.4, -0.2) is 57.9 Å². The summed E-state index contributed by atoms with van der Waals surface area (Å²) in [4.78, 5) is 11.8. The zero-order chi connectivity index (χ0) is 22.8. The maximum atomic E-state index is 13.9. The molecule has 1 saturated heterocycles. The number of nitrogens with one attached hydrogen (secondary N) is 1. The minimum Gasteiger partial charge on any atom is -0.496 e. The van der Waals surface area contributed by atoms with Crippen LogP contribution in [0.5, 0.6) is 5.75 Å². The Morgan fingerprint density at radius 2 is 1.91 bits per heavy atom. The van der Waals surface area contributed by atoms with Crippen LogP contribution < -0.4 is 15.8 Å². The van der Waals surface area contributed by atoms with Crippen molar-refractivity contribution in [3.8, 4) is 22.7 Å². The summed E-state index contributed by atoms with van der Waals surface area (Å²) in [6.45, 7) is 3.90. The van der Waals surface area contributed by atoms with Gasteiger partial charge in [0.2, 0.25) is 5.95 Å². The van der Waals surface area contributed by atoms with Gasteiger partial charge in [0.1, 0.15) is 17.4 Å². The highest BCUT2D eigenvalue weighted by Gasteiger charge is 2.21. The van der Waals surface area contributed by atoms with Crippen LogP contribution in [-0.2, 0) is 0 Å². The first-order valence-corrected chi connectivity index (χ1v) is 11.1. The van der Waals surface area contributed by atoms with Crippen LogP contribution in [0.3, 0.4) is 0 Å². The molecule has 0 amide bonds. The first-order valence-electron chi connectivity index (χ1n) is 11.1. The summed E-state index contributed by atoms with van der Waals surface area (Å²) < 4.78 is 20.9. The zero-order valence-corrected chi connectivity index (χ0v) is 18.5. The Morgan fingerprint density at radius 1 is 1.09 bits per heavy atom. The van der Waals surface area contributed by atoms with Crippen molar-refractivity contribution in [2.45, 2.75) is 12.8 Å². The summed E-state index contributed by atoms with van der Waals surface area (Å²) >= 11 is 0. The fourth-order valence-corrected chi connectivity index (χ4v) is 4.26. The van der Waals surface area contributed by atoms with E-state index in [2.05, 4.69) is 20.3 Å². The number of para-hydroxylation sites is 1. The minimum absolute atomic E-state index is 0.333. The van der Waals surface area contributed by atoms with Gasteiger partial charge in [-0.05, 0) is 56.3 Å². The average Bonchev–Trinajstić information content (AvgIpc) is 3.46. The first-order chi connectivity index (χ1) is 16.1. The van der Waals surface area contributed by atoms with Crippen LogP contribution in [0.25, 0.3) is 28.0 Å². The van der Waals surface area contributed by atoms with E-state index in [1.807, 2.05) is 24.3 Å². The van der Waals surface area contributed by atoms with Crippen LogP contribution in [0.15, 0.2) is 48.5 Å². The Labute approximate surface area is 191 Å². The van der Waals surface area contributed by atoms with Crippen molar-refractivity contribution in [3.63, 3.8) is 0 Å². The summed E-state index contributed by atoms with van der Waals surface area (Å²) in [6.07, 6.45) is 2.49. The van der Waals surface area contributed by atoms with Crippen molar-refractivity contribution in [3.05, 3.63) is 54.3 Å². The number of nitrogens with zero attached hydrogens (tertiary/aromatic N) is 5. The van der Waals surface area contributed by atoms with Gasteiger partial charge in [0.25, 0.3) is 0 Å². The molecule has 9 heteroatoms. The first kappa shape index (κ1) is 21.1. The molecular formula is C24H26FN7O. The molecule has 3 heterocycles. The molecule has 170 valence electrons. The number of fused-ring (bicyclic) bond motifs is 1. The van der Waals surface area contributed by atoms with E-state index in [0.29, 0.717) is 39.9 Å². The zero-order valence-electron chi connectivity index (χ0n) is 18.5. The Kier molecular flexibility index (Phi) is 5.78. The van der Waals surface area contributed by atoms with Gasteiger partial charge in [-0.1, -0.05) is 18.2 Å². The molecule has 4 aromatic rings. The Hall–Kier alpha value is -3.72. The van der Waals surface area contributed by atoms with Crippen LogP contribution in [0, 0.1) is 5.82 Å². The number of methoxy groups -OCH3 is 1. The number of likely N-dealkylation sites (tertiary alicyclic amines) is 1. The van der Waals surface area contributed by atoms with E-state index in [1.165, 1.54) is 29.7 Å². The van der Waals surface area contributed by atoms with Gasteiger partial charge < -0.3 is 20.7 Å². The number of nitrogen functional groups attached to an aromatic ring is 1. The molecule has 0 saturated carbocycles. The van der Waals surface area contributed by atoms with Crippen molar-refractivity contribution in [1.82, 2.24) is 24.6 Å². The molecule has 3 N–H and O–H groups in total. The fourth-order valence-electron chi connectivity index (χ4n) is 4.26. The van der Waals surface area contributed by atoms with Crippen LogP contribution >= 0.6 is 0 Å². The number of hydrogen-bond donors (Lipinski definition) is 2. The molecule has 0 spiro atoms. The van der Waals surface area contributed by atoms with Crippen LogP contribution in [0.2, 0.25) is 0 Å². The monoisotopic (exact) mass is 447 g/mol. The third kappa shape index (κ3) is 4.19. The lowest BCUT2D eigenvalue weighted by atomic mass is 10.1. The predicted molar refractivity (Wildman–Crippen MR) is 127 cm³/mol. The minimum atomic E-state index is -0.369. The lowest BCUT2D eigenvalue weighted by molar-refractivity contribution is 0.352. The number of ether oxygens (including phenoxy) is 1. The number of anilines is 2. The second kappa shape index (κ2) is 9.03. The quantitative estimate of drug-likeness (QED) is 0.446. The maximum absolute atomic E-state index is 13.9. The van der Waals surface area contributed by atoms with Gasteiger partial charge >= 0.3 is 0 Å². The highest BCUT2D eigenvalue weighted by molar-refractivity contribution is 6.00. The van der Waals surface area contributed by atoms with Gasteiger partial charge in [-0.15, -0.1) is 5.10 Å². The van der Waals surface area contributed by atoms with E-state index < -0.39 is 0 Å². The average molecular weight is 448 g/mol. The van der Waals surface area contributed by atoms with Gasteiger partial charge in [0.05, 0.1) is 23.9 Å². The predicted octanol–water partition coefficient (Wildman–Crippen LogP) is 3.72. The highest BCUT2D eigenvalue weighted by Crippen LogP contribution is 2.37. The molecule has 8 nitrogen and oxygen atoms in total. The molecule has 1 aliphatic heterocycles. The second-order valence-electron chi connectivity index (χ2n) is 8.05. The van der Waals surface area contributed by atoms with Crippen LogP contribution in [0.4, 0.5) is 16.2 Å². The number of nitrogens with two attached hydrogens (primary N) is 1. The summed E-state index contributed by atoms with van der Waals surface area (Å²) in [5.74, 6) is 1.09. The number of halogens is 1. The van der Waals surface area contributed by atoms with Crippen molar-refractivity contribution in [1.29, 1.82) is 0 Å². The molecule has 0 radical (unpaired) electrons. The number of aromatic nitrogens is 4. The van der Waals surface area contributed by atoms with Gasteiger partial charge in [-0.2, -0.15) is 4.98 Å². The summed E-state index contributed by atoms with van der Waals surface area (Å²) in [5, 5.41) is 8.52. The van der Waals surface area contributed by atoms with Gasteiger partial charge in [-0.3, -0.25) is 0 Å². The van der Waals surface area contributed by atoms with Crippen molar-refractivity contribution >= 4 is 22.8 Å². The molecule has 0 aliphatic carbocycles. The molecule has 2 aromatic carbocycles. The lowest BCUT2D eigenvalue weighted by Crippen LogP contribution is -2.26. The third-order valence-corrected chi connectivity index (χ3v) is 5.89. The number of hydrogen-bond acceptors (Lipinski definition) is 7. The van der Waals surface area contributed by atoms with Crippen molar-refractivity contribution in [2.24, 2.45) is 0 Å². The molecule has 0 unspecified atom stereocenters. The molecule has 2 aromatic heterocycles. The third-order valence-electron chi connectivity index (χ3n) is 5.89. The van der Waals surface area contributed by atoms with Crippen LogP contribution in [0.1, 0.15) is 12.8 Å². The standard InChI is InChI=1S/C24H26FN7O/c1-33-19-10-3-2-9-18(19)21-20-22(26)32(17-8-6-7-16(25)15-17)30-23(20)29-24(28-21)27-11-14-31-12-4-5-13-31/h2-3,6-10,15H,4-5,11-14,26H2,1H3,(H,27,29,30). The Morgan fingerprint density at radius 3 is 2.70 bits per heavy atom. The fraction of sp³-hybridized carbons (Fsp3) is 0.292. The van der Waals surface area contributed by atoms with E-state index in [0.717, 1.165) is 31.7 Å². The molecular weight excluding hydrogens is 421 g/mol. The van der Waals surface area contributed by atoms with Gasteiger partial charge in [-0.25, -0.2) is 14.1 Å². The summed E-state index contributed by atoms with van der Waals surface area (Å²) in [6, 6.07) is 13.7. The summed E-state index contributed by atoms with van der Waals surface area (Å²) in [7, 11) is 1.62. The highest BCUT2D eigenvalue weighted by atomic mass is 19.1. The number of rotatable bonds is 7. The van der Waals surface area contributed by atoms with E-state index in [-0.39, 0.29) is 5.82 Å². The van der Waals surface area contributed by atoms with E-state index >= 15 is 0 Å². The Balaban J connectivity index is 1.60. The SMILES string of the molecule is COc1ccccc1-c1nc(NCCN2CCCC2)nc2nn(-c3cccc(F)c3)c(N)c12. The van der Waals surface area contributed by atoms with Gasteiger partial charge in [0.15, 0.2) is 5.65 Å². The Bertz CT molecular complexity index is 1280. The number of benzene rings is 2. The maximum Gasteiger partial charge on any atom is 0.225 e. The molecule has 33 heavy (non-hydrogen) atoms.